The van der Waals surface area contributed by atoms with E-state index in [4.69, 9.17) is 0 Å². The van der Waals surface area contributed by atoms with Gasteiger partial charge in [-0.15, -0.1) is 0 Å². The van der Waals surface area contributed by atoms with Crippen molar-refractivity contribution in [2.75, 3.05) is 13.1 Å². The van der Waals surface area contributed by atoms with Gasteiger partial charge >= 0.3 is 0 Å². The fraction of sp³-hybridized carbons (Fsp3) is 0.389. The predicted octanol–water partition coefficient (Wildman–Crippen LogP) is 2.01. The minimum absolute atomic E-state index is 0.105. The SMILES string of the molecule is CC(C)(O)c1cn2c(-c3nc(/N=C4\CCCNC4)ncc3F)cnc2cn1. The van der Waals surface area contributed by atoms with Crippen molar-refractivity contribution in [2.45, 2.75) is 32.3 Å². The summed E-state index contributed by atoms with van der Waals surface area (Å²) in [6, 6.07) is 0. The molecular formula is C18H20FN7O. The summed E-state index contributed by atoms with van der Waals surface area (Å²) in [6.07, 6.45) is 7.69. The Morgan fingerprint density at radius 1 is 1.22 bits per heavy atom. The maximum atomic E-state index is 14.5. The van der Waals surface area contributed by atoms with Gasteiger partial charge in [-0.3, -0.25) is 9.38 Å². The second kappa shape index (κ2) is 6.75. The van der Waals surface area contributed by atoms with Crippen LogP contribution in [0.1, 0.15) is 32.4 Å². The molecule has 0 amide bonds. The number of imidazole rings is 1. The van der Waals surface area contributed by atoms with E-state index in [1.54, 1.807) is 24.4 Å². The monoisotopic (exact) mass is 369 g/mol. The van der Waals surface area contributed by atoms with Gasteiger partial charge in [0.1, 0.15) is 11.3 Å². The Bertz CT molecular complexity index is 1010. The highest BCUT2D eigenvalue weighted by atomic mass is 19.1. The summed E-state index contributed by atoms with van der Waals surface area (Å²) in [5.41, 5.74) is 1.34. The largest absolute Gasteiger partial charge is 0.384 e. The van der Waals surface area contributed by atoms with Crippen LogP contribution in [0.5, 0.6) is 0 Å². The van der Waals surface area contributed by atoms with Gasteiger partial charge in [-0.2, -0.15) is 0 Å². The molecule has 0 bridgehead atoms. The lowest BCUT2D eigenvalue weighted by molar-refractivity contribution is 0.0734. The number of aliphatic hydroxyl groups is 1. The number of hydrogen-bond donors (Lipinski definition) is 2. The van der Waals surface area contributed by atoms with Gasteiger partial charge in [0, 0.05) is 18.5 Å². The molecule has 4 heterocycles. The van der Waals surface area contributed by atoms with Gasteiger partial charge < -0.3 is 10.4 Å². The molecule has 2 N–H and O–H groups in total. The molecule has 3 aromatic rings. The fourth-order valence-corrected chi connectivity index (χ4v) is 2.95. The molecule has 0 saturated carbocycles. The summed E-state index contributed by atoms with van der Waals surface area (Å²) in [4.78, 5) is 21.2. The van der Waals surface area contributed by atoms with Crippen molar-refractivity contribution in [3.8, 4) is 11.4 Å². The Labute approximate surface area is 155 Å². The normalized spacial score (nSPS) is 17.0. The lowest BCUT2D eigenvalue weighted by Crippen LogP contribution is -2.29. The molecule has 3 aromatic heterocycles. The van der Waals surface area contributed by atoms with Crippen molar-refractivity contribution in [1.82, 2.24) is 29.7 Å². The van der Waals surface area contributed by atoms with Crippen LogP contribution in [-0.2, 0) is 5.60 Å². The Balaban J connectivity index is 1.79. The van der Waals surface area contributed by atoms with Gasteiger partial charge in [0.05, 0.1) is 30.0 Å². The number of piperidine rings is 1. The van der Waals surface area contributed by atoms with Gasteiger partial charge in [-0.25, -0.2) is 24.3 Å². The zero-order valence-electron chi connectivity index (χ0n) is 15.1. The number of nitrogens with zero attached hydrogens (tertiary/aromatic N) is 6. The number of aromatic nitrogens is 5. The van der Waals surface area contributed by atoms with Crippen LogP contribution in [0.3, 0.4) is 0 Å². The minimum atomic E-state index is -1.13. The maximum Gasteiger partial charge on any atom is 0.250 e. The van der Waals surface area contributed by atoms with Crippen LogP contribution in [0.15, 0.2) is 29.8 Å². The molecule has 1 aliphatic heterocycles. The Morgan fingerprint density at radius 3 is 2.81 bits per heavy atom. The van der Waals surface area contributed by atoms with Crippen molar-refractivity contribution >= 4 is 17.3 Å². The van der Waals surface area contributed by atoms with E-state index in [0.29, 0.717) is 23.6 Å². The van der Waals surface area contributed by atoms with Crippen LogP contribution in [0.4, 0.5) is 10.3 Å². The molecule has 0 radical (unpaired) electrons. The summed E-state index contributed by atoms with van der Waals surface area (Å²) in [6.45, 7) is 4.92. The lowest BCUT2D eigenvalue weighted by Gasteiger charge is -2.16. The Morgan fingerprint density at radius 2 is 2.07 bits per heavy atom. The van der Waals surface area contributed by atoms with E-state index >= 15 is 0 Å². The summed E-state index contributed by atoms with van der Waals surface area (Å²) < 4.78 is 16.1. The van der Waals surface area contributed by atoms with Crippen molar-refractivity contribution in [3.63, 3.8) is 0 Å². The van der Waals surface area contributed by atoms with E-state index in [1.165, 1.54) is 12.4 Å². The topological polar surface area (TPSA) is 101 Å². The second-order valence-corrected chi connectivity index (χ2v) is 7.03. The number of aliphatic imine (C=N–C) groups is 1. The van der Waals surface area contributed by atoms with Crippen molar-refractivity contribution in [1.29, 1.82) is 0 Å². The molecule has 0 atom stereocenters. The van der Waals surface area contributed by atoms with E-state index in [1.807, 2.05) is 0 Å². The molecule has 0 spiro atoms. The standard InChI is InChI=1S/C18H20FN7O/c1-18(2,27)14-10-26-13(8-22-15(26)9-21-14)16-12(19)7-23-17(25-16)24-11-4-3-5-20-6-11/h7-10,20,27H,3-6H2,1-2H3/b24-11+. The van der Waals surface area contributed by atoms with E-state index < -0.39 is 11.4 Å². The summed E-state index contributed by atoms with van der Waals surface area (Å²) >= 11 is 0. The Hall–Kier alpha value is -2.78. The molecule has 0 aliphatic carbocycles. The third-order valence-corrected chi connectivity index (χ3v) is 4.40. The van der Waals surface area contributed by atoms with E-state index in [9.17, 15) is 9.50 Å². The van der Waals surface area contributed by atoms with Gasteiger partial charge in [-0.1, -0.05) is 0 Å². The minimum Gasteiger partial charge on any atom is -0.384 e. The number of halogens is 1. The van der Waals surface area contributed by atoms with E-state index in [0.717, 1.165) is 31.3 Å². The van der Waals surface area contributed by atoms with Crippen LogP contribution in [0.2, 0.25) is 0 Å². The van der Waals surface area contributed by atoms with Crippen LogP contribution in [0, 0.1) is 5.82 Å². The molecule has 27 heavy (non-hydrogen) atoms. The molecule has 0 aromatic carbocycles. The molecular weight excluding hydrogens is 349 g/mol. The molecule has 1 fully saturated rings. The lowest BCUT2D eigenvalue weighted by atomic mass is 10.1. The first kappa shape index (κ1) is 17.6. The number of rotatable bonds is 3. The predicted molar refractivity (Wildman–Crippen MR) is 98.4 cm³/mol. The highest BCUT2D eigenvalue weighted by Crippen LogP contribution is 2.25. The average Bonchev–Trinajstić information content (AvgIpc) is 3.06. The molecule has 8 nitrogen and oxygen atoms in total. The second-order valence-electron chi connectivity index (χ2n) is 7.03. The number of fused-ring (bicyclic) bond motifs is 1. The zero-order chi connectivity index (χ0) is 19.0. The average molecular weight is 369 g/mol. The van der Waals surface area contributed by atoms with Crippen LogP contribution in [0.25, 0.3) is 17.0 Å². The molecule has 1 aliphatic rings. The Kier molecular flexibility index (Phi) is 4.40. The summed E-state index contributed by atoms with van der Waals surface area (Å²) in [5, 5.41) is 13.5. The molecule has 4 rings (SSSR count). The number of hydrogen-bond acceptors (Lipinski definition) is 7. The fourth-order valence-electron chi connectivity index (χ4n) is 2.95. The van der Waals surface area contributed by atoms with Gasteiger partial charge in [0.25, 0.3) is 0 Å². The first-order valence-electron chi connectivity index (χ1n) is 8.78. The molecule has 9 heteroatoms. The van der Waals surface area contributed by atoms with E-state index in [-0.39, 0.29) is 11.6 Å². The van der Waals surface area contributed by atoms with Gasteiger partial charge in [0.2, 0.25) is 5.95 Å². The first-order valence-corrected chi connectivity index (χ1v) is 8.78. The summed E-state index contributed by atoms with van der Waals surface area (Å²) in [7, 11) is 0. The zero-order valence-corrected chi connectivity index (χ0v) is 15.1. The van der Waals surface area contributed by atoms with Crippen LogP contribution < -0.4 is 5.32 Å². The van der Waals surface area contributed by atoms with Gasteiger partial charge in [-0.05, 0) is 33.2 Å². The van der Waals surface area contributed by atoms with Gasteiger partial charge in [0.15, 0.2) is 11.5 Å². The third-order valence-electron chi connectivity index (χ3n) is 4.40. The maximum absolute atomic E-state index is 14.5. The number of nitrogens with one attached hydrogen (secondary N) is 1. The first-order chi connectivity index (χ1) is 12.9. The highest BCUT2D eigenvalue weighted by molar-refractivity contribution is 5.88. The quantitative estimate of drug-likeness (QED) is 0.732. The van der Waals surface area contributed by atoms with E-state index in [2.05, 4.69) is 30.2 Å². The smallest absolute Gasteiger partial charge is 0.250 e. The summed E-state index contributed by atoms with van der Waals surface area (Å²) in [5.74, 6) is -0.346. The van der Waals surface area contributed by atoms with Crippen LogP contribution >= 0.6 is 0 Å². The molecule has 1 saturated heterocycles. The van der Waals surface area contributed by atoms with Crippen molar-refractivity contribution < 1.29 is 9.50 Å². The van der Waals surface area contributed by atoms with Crippen molar-refractivity contribution in [2.24, 2.45) is 4.99 Å². The molecule has 140 valence electrons. The van der Waals surface area contributed by atoms with Crippen molar-refractivity contribution in [3.05, 3.63) is 36.3 Å². The third kappa shape index (κ3) is 3.56. The highest BCUT2D eigenvalue weighted by Gasteiger charge is 2.21. The molecule has 0 unspecified atom stereocenters. The van der Waals surface area contributed by atoms with Crippen LogP contribution in [-0.4, -0.2) is 48.2 Å².